The summed E-state index contributed by atoms with van der Waals surface area (Å²) in [5.74, 6) is 0.863. The minimum Gasteiger partial charge on any atom is -0.507 e. The Morgan fingerprint density at radius 3 is 2.75 bits per heavy atom. The van der Waals surface area contributed by atoms with Gasteiger partial charge in [0.2, 0.25) is 0 Å². The number of anilines is 1. The van der Waals surface area contributed by atoms with Crippen LogP contribution in [-0.4, -0.2) is 20.8 Å². The zero-order valence-corrected chi connectivity index (χ0v) is 13.7. The van der Waals surface area contributed by atoms with E-state index in [0.29, 0.717) is 17.1 Å². The molecule has 0 amide bonds. The number of phenolic OH excluding ortho intramolecular Hbond substituents is 1. The normalized spacial score (nSPS) is 12.0. The van der Waals surface area contributed by atoms with E-state index in [1.807, 2.05) is 31.2 Å². The molecule has 0 aliphatic rings. The number of hydrogen-bond donors (Lipinski definition) is 2. The molecule has 0 fully saturated rings. The molecule has 4 aromatic rings. The van der Waals surface area contributed by atoms with E-state index in [0.717, 1.165) is 20.3 Å². The van der Waals surface area contributed by atoms with Crippen LogP contribution in [-0.2, 0) is 0 Å². The van der Waals surface area contributed by atoms with Crippen molar-refractivity contribution in [2.45, 2.75) is 6.92 Å². The van der Waals surface area contributed by atoms with Gasteiger partial charge >= 0.3 is 0 Å². The molecule has 2 heterocycles. The first-order valence-corrected chi connectivity index (χ1v) is 8.26. The SMILES string of the molecule is C/C(=N\Nc1ncnc2sc3ccccc3c12)c1ccccc1O. The summed E-state index contributed by atoms with van der Waals surface area (Å²) in [5.41, 5.74) is 4.39. The number of nitrogens with zero attached hydrogens (tertiary/aromatic N) is 3. The molecular formula is C18H14N4OS. The van der Waals surface area contributed by atoms with Gasteiger partial charge in [0.05, 0.1) is 11.1 Å². The summed E-state index contributed by atoms with van der Waals surface area (Å²) in [7, 11) is 0. The van der Waals surface area contributed by atoms with Crippen molar-refractivity contribution in [3.63, 3.8) is 0 Å². The number of fused-ring (bicyclic) bond motifs is 3. The highest BCUT2D eigenvalue weighted by atomic mass is 32.1. The van der Waals surface area contributed by atoms with E-state index in [1.165, 1.54) is 6.33 Å². The van der Waals surface area contributed by atoms with Crippen molar-refractivity contribution < 1.29 is 5.11 Å². The standard InChI is InChI=1S/C18H14N4OS/c1-11(12-6-2-4-8-14(12)23)21-22-17-16-13-7-3-5-9-15(13)24-18(16)20-10-19-17/h2-10,23H,1H3,(H,19,20,22)/b21-11+. The number of hydrazone groups is 1. The zero-order valence-electron chi connectivity index (χ0n) is 12.9. The Morgan fingerprint density at radius 1 is 1.08 bits per heavy atom. The van der Waals surface area contributed by atoms with Gasteiger partial charge in [0.15, 0.2) is 5.82 Å². The maximum absolute atomic E-state index is 9.93. The first-order chi connectivity index (χ1) is 11.7. The van der Waals surface area contributed by atoms with E-state index in [1.54, 1.807) is 23.5 Å². The highest BCUT2D eigenvalue weighted by molar-refractivity contribution is 7.25. The Kier molecular flexibility index (Phi) is 3.59. The topological polar surface area (TPSA) is 70.4 Å². The second kappa shape index (κ2) is 5.90. The van der Waals surface area contributed by atoms with Crippen molar-refractivity contribution in [2.24, 2.45) is 5.10 Å². The van der Waals surface area contributed by atoms with Crippen LogP contribution in [0.4, 0.5) is 5.82 Å². The van der Waals surface area contributed by atoms with Crippen LogP contribution in [0.5, 0.6) is 5.75 Å². The number of thiophene rings is 1. The van der Waals surface area contributed by atoms with Gasteiger partial charge in [-0.25, -0.2) is 9.97 Å². The second-order valence-electron chi connectivity index (χ2n) is 5.33. The lowest BCUT2D eigenvalue weighted by molar-refractivity contribution is 0.474. The summed E-state index contributed by atoms with van der Waals surface area (Å²) >= 11 is 1.63. The van der Waals surface area contributed by atoms with Crippen LogP contribution >= 0.6 is 11.3 Å². The number of benzene rings is 2. The van der Waals surface area contributed by atoms with Crippen molar-refractivity contribution in [3.8, 4) is 5.75 Å². The Morgan fingerprint density at radius 2 is 1.88 bits per heavy atom. The van der Waals surface area contributed by atoms with Gasteiger partial charge in [-0.1, -0.05) is 30.3 Å². The summed E-state index contributed by atoms with van der Waals surface area (Å²) in [5, 5.41) is 16.4. The molecule has 4 rings (SSSR count). The van der Waals surface area contributed by atoms with Gasteiger partial charge in [-0.2, -0.15) is 5.10 Å². The predicted molar refractivity (Wildman–Crippen MR) is 98.9 cm³/mol. The molecule has 2 aromatic carbocycles. The lowest BCUT2D eigenvalue weighted by Gasteiger charge is -2.05. The molecule has 2 N–H and O–H groups in total. The molecule has 0 saturated heterocycles. The van der Waals surface area contributed by atoms with Crippen molar-refractivity contribution in [1.82, 2.24) is 9.97 Å². The number of rotatable bonds is 3. The van der Waals surface area contributed by atoms with Crippen LogP contribution < -0.4 is 5.43 Å². The first kappa shape index (κ1) is 14.6. The molecular weight excluding hydrogens is 320 g/mol. The smallest absolute Gasteiger partial charge is 0.159 e. The number of aromatic nitrogens is 2. The minimum atomic E-state index is 0.203. The molecule has 0 spiro atoms. The summed E-state index contributed by atoms with van der Waals surface area (Å²) in [6.07, 6.45) is 1.53. The van der Waals surface area contributed by atoms with Crippen molar-refractivity contribution in [2.75, 3.05) is 5.43 Å². The van der Waals surface area contributed by atoms with Crippen LogP contribution in [0.25, 0.3) is 20.3 Å². The molecule has 118 valence electrons. The quantitative estimate of drug-likeness (QED) is 0.431. The van der Waals surface area contributed by atoms with Crippen LogP contribution in [0.2, 0.25) is 0 Å². The molecule has 6 heteroatoms. The fourth-order valence-electron chi connectivity index (χ4n) is 2.62. The molecule has 24 heavy (non-hydrogen) atoms. The Balaban J connectivity index is 1.77. The largest absolute Gasteiger partial charge is 0.507 e. The van der Waals surface area contributed by atoms with Gasteiger partial charge < -0.3 is 5.11 Å². The molecule has 0 atom stereocenters. The van der Waals surface area contributed by atoms with E-state index in [9.17, 15) is 5.11 Å². The number of hydrogen-bond acceptors (Lipinski definition) is 6. The summed E-state index contributed by atoms with van der Waals surface area (Å²) in [4.78, 5) is 9.61. The fourth-order valence-corrected chi connectivity index (χ4v) is 3.66. The van der Waals surface area contributed by atoms with Crippen LogP contribution in [0.15, 0.2) is 60.0 Å². The maximum Gasteiger partial charge on any atom is 0.159 e. The third-order valence-corrected chi connectivity index (χ3v) is 4.88. The minimum absolute atomic E-state index is 0.203. The van der Waals surface area contributed by atoms with Crippen LogP contribution in [0.3, 0.4) is 0 Å². The Labute approximate surface area is 142 Å². The van der Waals surface area contributed by atoms with Crippen LogP contribution in [0.1, 0.15) is 12.5 Å². The lowest BCUT2D eigenvalue weighted by atomic mass is 10.1. The van der Waals surface area contributed by atoms with E-state index in [2.05, 4.69) is 32.6 Å². The van der Waals surface area contributed by atoms with Gasteiger partial charge in [-0.15, -0.1) is 11.3 Å². The molecule has 0 aliphatic heterocycles. The van der Waals surface area contributed by atoms with Crippen LogP contribution in [0, 0.1) is 0 Å². The van der Waals surface area contributed by atoms with E-state index >= 15 is 0 Å². The third-order valence-electron chi connectivity index (χ3n) is 3.80. The monoisotopic (exact) mass is 334 g/mol. The second-order valence-corrected chi connectivity index (χ2v) is 6.36. The Hall–Kier alpha value is -2.99. The summed E-state index contributed by atoms with van der Waals surface area (Å²) < 4.78 is 1.16. The number of aromatic hydroxyl groups is 1. The molecule has 5 nitrogen and oxygen atoms in total. The van der Waals surface area contributed by atoms with E-state index in [-0.39, 0.29) is 5.75 Å². The zero-order chi connectivity index (χ0) is 16.5. The molecule has 0 unspecified atom stereocenters. The molecule has 0 radical (unpaired) electrons. The van der Waals surface area contributed by atoms with E-state index < -0.39 is 0 Å². The van der Waals surface area contributed by atoms with Gasteiger partial charge in [0.25, 0.3) is 0 Å². The predicted octanol–water partition coefficient (Wildman–Crippen LogP) is 4.39. The first-order valence-electron chi connectivity index (χ1n) is 7.45. The molecule has 0 aliphatic carbocycles. The fraction of sp³-hybridized carbons (Fsp3) is 0.0556. The highest BCUT2D eigenvalue weighted by Crippen LogP contribution is 2.35. The third kappa shape index (κ3) is 2.47. The average molecular weight is 334 g/mol. The highest BCUT2D eigenvalue weighted by Gasteiger charge is 2.11. The molecule has 2 aromatic heterocycles. The summed E-state index contributed by atoms with van der Waals surface area (Å²) in [6, 6.07) is 15.3. The lowest BCUT2D eigenvalue weighted by Crippen LogP contribution is -2.01. The Bertz CT molecular complexity index is 1070. The van der Waals surface area contributed by atoms with Crippen molar-refractivity contribution in [1.29, 1.82) is 0 Å². The van der Waals surface area contributed by atoms with Gasteiger partial charge in [0.1, 0.15) is 16.9 Å². The van der Waals surface area contributed by atoms with Gasteiger partial charge in [0, 0.05) is 15.6 Å². The molecule has 0 bridgehead atoms. The summed E-state index contributed by atoms with van der Waals surface area (Å²) in [6.45, 7) is 1.84. The van der Waals surface area contributed by atoms with Crippen molar-refractivity contribution >= 4 is 43.2 Å². The number of phenols is 1. The van der Waals surface area contributed by atoms with Crippen molar-refractivity contribution in [3.05, 3.63) is 60.4 Å². The average Bonchev–Trinajstić information content (AvgIpc) is 2.99. The molecule has 0 saturated carbocycles. The van der Waals surface area contributed by atoms with Gasteiger partial charge in [-0.05, 0) is 25.1 Å². The maximum atomic E-state index is 9.93. The van der Waals surface area contributed by atoms with Gasteiger partial charge in [-0.3, -0.25) is 5.43 Å². The number of para-hydroxylation sites is 1. The van der Waals surface area contributed by atoms with E-state index in [4.69, 9.17) is 0 Å². The number of nitrogens with one attached hydrogen (secondary N) is 1.